The van der Waals surface area contributed by atoms with Crippen LogP contribution in [0.25, 0.3) is 0 Å². The lowest BCUT2D eigenvalue weighted by Gasteiger charge is -2.28. The summed E-state index contributed by atoms with van der Waals surface area (Å²) >= 11 is 1.53. The molecule has 2 heterocycles. The van der Waals surface area contributed by atoms with Gasteiger partial charge in [0.2, 0.25) is 11.8 Å². The van der Waals surface area contributed by atoms with E-state index in [9.17, 15) is 9.59 Å². The zero-order chi connectivity index (χ0) is 15.4. The Kier molecular flexibility index (Phi) is 6.74. The van der Waals surface area contributed by atoms with Gasteiger partial charge in [-0.2, -0.15) is 0 Å². The average Bonchev–Trinajstić information content (AvgIpc) is 3.03. The van der Waals surface area contributed by atoms with Crippen LogP contribution in [0.15, 0.2) is 29.2 Å². The zero-order valence-corrected chi connectivity index (χ0v) is 14.5. The van der Waals surface area contributed by atoms with Gasteiger partial charge in [-0.25, -0.2) is 0 Å². The highest BCUT2D eigenvalue weighted by molar-refractivity contribution is 8.00. The second-order valence-electron chi connectivity index (χ2n) is 5.73. The van der Waals surface area contributed by atoms with Crippen molar-refractivity contribution in [1.29, 1.82) is 0 Å². The summed E-state index contributed by atoms with van der Waals surface area (Å²) in [6.07, 6.45) is 2.18. The number of carbonyl (C=O) groups is 2. The van der Waals surface area contributed by atoms with Gasteiger partial charge in [-0.3, -0.25) is 9.59 Å². The lowest BCUT2D eigenvalue weighted by atomic mass is 10.1. The number of thioether (sulfide) groups is 1. The zero-order valence-electron chi connectivity index (χ0n) is 12.9. The molecule has 2 aliphatic heterocycles. The van der Waals surface area contributed by atoms with E-state index in [1.165, 1.54) is 18.2 Å². The topological polar surface area (TPSA) is 61.4 Å². The molecule has 0 aliphatic carbocycles. The van der Waals surface area contributed by atoms with Gasteiger partial charge < -0.3 is 15.5 Å². The van der Waals surface area contributed by atoms with Crippen LogP contribution >= 0.6 is 24.2 Å². The second kappa shape index (κ2) is 8.57. The molecule has 1 saturated heterocycles. The van der Waals surface area contributed by atoms with E-state index in [2.05, 4.69) is 10.6 Å². The third-order valence-electron chi connectivity index (χ3n) is 4.15. The predicted molar refractivity (Wildman–Crippen MR) is 95.4 cm³/mol. The Morgan fingerprint density at radius 3 is 3.00 bits per heavy atom. The van der Waals surface area contributed by atoms with Crippen molar-refractivity contribution in [3.63, 3.8) is 0 Å². The quantitative estimate of drug-likeness (QED) is 0.843. The van der Waals surface area contributed by atoms with Crippen LogP contribution in [0, 0.1) is 5.92 Å². The molecular weight excluding hydrogens is 334 g/mol. The summed E-state index contributed by atoms with van der Waals surface area (Å²) in [5.41, 5.74) is 0.846. The Bertz CT molecular complexity index is 564. The van der Waals surface area contributed by atoms with Gasteiger partial charge in [-0.1, -0.05) is 12.1 Å². The first-order valence-electron chi connectivity index (χ1n) is 7.73. The first kappa shape index (κ1) is 18.1. The molecule has 1 atom stereocenters. The number of nitrogens with one attached hydrogen (secondary N) is 2. The number of nitrogens with zero attached hydrogens (tertiary/aromatic N) is 1. The molecule has 1 fully saturated rings. The maximum Gasteiger partial charge on any atom is 0.240 e. The van der Waals surface area contributed by atoms with Crippen molar-refractivity contribution in [2.24, 2.45) is 5.92 Å². The average molecular weight is 356 g/mol. The van der Waals surface area contributed by atoms with Gasteiger partial charge in [-0.05, 0) is 44.0 Å². The minimum Gasteiger partial charge on any atom is -0.355 e. The van der Waals surface area contributed by atoms with E-state index in [-0.39, 0.29) is 30.8 Å². The summed E-state index contributed by atoms with van der Waals surface area (Å²) in [5, 5.41) is 6.27. The fourth-order valence-electron chi connectivity index (χ4n) is 2.90. The molecule has 0 spiro atoms. The van der Waals surface area contributed by atoms with Crippen molar-refractivity contribution in [2.45, 2.75) is 17.7 Å². The normalized spacial score (nSPS) is 19.9. The van der Waals surface area contributed by atoms with Gasteiger partial charge in [0, 0.05) is 11.4 Å². The lowest BCUT2D eigenvalue weighted by Crippen LogP contribution is -2.43. The molecular formula is C16H22ClN3O2S. The van der Waals surface area contributed by atoms with Crippen molar-refractivity contribution in [1.82, 2.24) is 10.6 Å². The van der Waals surface area contributed by atoms with Crippen molar-refractivity contribution >= 4 is 41.7 Å². The van der Waals surface area contributed by atoms with Gasteiger partial charge in [0.05, 0.1) is 11.4 Å². The van der Waals surface area contributed by atoms with Gasteiger partial charge >= 0.3 is 0 Å². The second-order valence-corrected chi connectivity index (χ2v) is 6.75. The lowest BCUT2D eigenvalue weighted by molar-refractivity contribution is -0.123. The molecule has 1 unspecified atom stereocenters. The molecule has 0 aromatic heterocycles. The number of hydrogen-bond donors (Lipinski definition) is 2. The number of amides is 2. The maximum absolute atomic E-state index is 12.1. The molecule has 2 N–H and O–H groups in total. The van der Waals surface area contributed by atoms with E-state index in [0.29, 0.717) is 18.2 Å². The van der Waals surface area contributed by atoms with Crippen LogP contribution in [0.4, 0.5) is 5.69 Å². The van der Waals surface area contributed by atoms with Crippen LogP contribution in [-0.2, 0) is 9.59 Å². The number of rotatable bonds is 5. The molecule has 2 aliphatic rings. The van der Waals surface area contributed by atoms with Gasteiger partial charge in [0.25, 0.3) is 0 Å². The molecule has 0 radical (unpaired) electrons. The Labute approximate surface area is 147 Å². The summed E-state index contributed by atoms with van der Waals surface area (Å²) in [5.74, 6) is 0.979. The van der Waals surface area contributed by atoms with E-state index in [4.69, 9.17) is 0 Å². The third-order valence-corrected chi connectivity index (χ3v) is 5.19. The monoisotopic (exact) mass is 355 g/mol. The molecule has 1 aromatic carbocycles. The fourth-order valence-corrected chi connectivity index (χ4v) is 3.84. The van der Waals surface area contributed by atoms with Gasteiger partial charge in [0.15, 0.2) is 0 Å². The summed E-state index contributed by atoms with van der Waals surface area (Å²) < 4.78 is 0. The minimum atomic E-state index is -0.0824. The Balaban J connectivity index is 0.00000192. The highest BCUT2D eigenvalue weighted by atomic mass is 35.5. The van der Waals surface area contributed by atoms with Crippen LogP contribution in [0.5, 0.6) is 0 Å². The van der Waals surface area contributed by atoms with Crippen LogP contribution in [0.1, 0.15) is 12.8 Å². The van der Waals surface area contributed by atoms with E-state index in [1.807, 2.05) is 24.3 Å². The molecule has 5 nitrogen and oxygen atoms in total. The molecule has 2 amide bonds. The standard InChI is InChI=1S/C16H21N3O2S.ClH/c20-15(18-8-6-12-5-7-17-9-12)10-19-13-3-1-2-4-14(13)22-11-16(19)21;/h1-4,12,17H,5-11H2,(H,18,20);1H. The highest BCUT2D eigenvalue weighted by Crippen LogP contribution is 2.34. The number of halogens is 1. The smallest absolute Gasteiger partial charge is 0.240 e. The van der Waals surface area contributed by atoms with Crippen LogP contribution in [-0.4, -0.2) is 43.7 Å². The number of fused-ring (bicyclic) bond motifs is 1. The molecule has 0 saturated carbocycles. The minimum absolute atomic E-state index is 0. The molecule has 0 bridgehead atoms. The molecule has 23 heavy (non-hydrogen) atoms. The Hall–Kier alpha value is -1.24. The van der Waals surface area contributed by atoms with E-state index in [1.54, 1.807) is 4.90 Å². The SMILES string of the molecule is Cl.O=C(CN1C(=O)CSc2ccccc21)NCCC1CCNC1. The Morgan fingerprint density at radius 1 is 1.39 bits per heavy atom. The summed E-state index contributed by atoms with van der Waals surface area (Å²) in [6.45, 7) is 2.92. The van der Waals surface area contributed by atoms with Crippen LogP contribution in [0.3, 0.4) is 0 Å². The summed E-state index contributed by atoms with van der Waals surface area (Å²) in [6, 6.07) is 7.74. The first-order chi connectivity index (χ1) is 10.7. The number of carbonyl (C=O) groups excluding carboxylic acids is 2. The number of hydrogen-bond acceptors (Lipinski definition) is 4. The van der Waals surface area contributed by atoms with E-state index >= 15 is 0 Å². The Morgan fingerprint density at radius 2 is 2.22 bits per heavy atom. The first-order valence-corrected chi connectivity index (χ1v) is 8.72. The third kappa shape index (κ3) is 4.62. The maximum atomic E-state index is 12.1. The number of benzene rings is 1. The highest BCUT2D eigenvalue weighted by Gasteiger charge is 2.26. The predicted octanol–water partition coefficient (Wildman–Crippen LogP) is 1.66. The van der Waals surface area contributed by atoms with Crippen LogP contribution < -0.4 is 15.5 Å². The summed E-state index contributed by atoms with van der Waals surface area (Å²) in [4.78, 5) is 26.9. The van der Waals surface area contributed by atoms with Gasteiger partial charge in [-0.15, -0.1) is 24.2 Å². The van der Waals surface area contributed by atoms with E-state index < -0.39 is 0 Å². The molecule has 7 heteroatoms. The largest absolute Gasteiger partial charge is 0.355 e. The molecule has 1 aromatic rings. The molecule has 3 rings (SSSR count). The van der Waals surface area contributed by atoms with Gasteiger partial charge in [0.1, 0.15) is 6.54 Å². The fraction of sp³-hybridized carbons (Fsp3) is 0.500. The van der Waals surface area contributed by atoms with Crippen molar-refractivity contribution in [2.75, 3.05) is 36.8 Å². The van der Waals surface area contributed by atoms with Crippen molar-refractivity contribution in [3.05, 3.63) is 24.3 Å². The van der Waals surface area contributed by atoms with Crippen molar-refractivity contribution < 1.29 is 9.59 Å². The van der Waals surface area contributed by atoms with E-state index in [0.717, 1.165) is 30.1 Å². The number of para-hydroxylation sites is 1. The van der Waals surface area contributed by atoms with Crippen molar-refractivity contribution in [3.8, 4) is 0 Å². The summed E-state index contributed by atoms with van der Waals surface area (Å²) in [7, 11) is 0. The number of anilines is 1. The van der Waals surface area contributed by atoms with Crippen LogP contribution in [0.2, 0.25) is 0 Å². The molecule has 126 valence electrons.